The number of carbonyl (C=O) groups is 1. The predicted molar refractivity (Wildman–Crippen MR) is 71.4 cm³/mol. The van der Waals surface area contributed by atoms with E-state index in [1.165, 1.54) is 7.11 Å². The molecule has 106 valence electrons. The van der Waals surface area contributed by atoms with Gasteiger partial charge in [0, 0.05) is 23.2 Å². The minimum Gasteiger partial charge on any atom is -0.496 e. The van der Waals surface area contributed by atoms with Crippen molar-refractivity contribution in [1.82, 2.24) is 0 Å². The Labute approximate surface area is 112 Å². The predicted octanol–water partition coefficient (Wildman–Crippen LogP) is 0.814. The second-order valence-corrected chi connectivity index (χ2v) is 4.30. The summed E-state index contributed by atoms with van der Waals surface area (Å²) < 4.78 is 10.5. The molecule has 1 aromatic rings. The summed E-state index contributed by atoms with van der Waals surface area (Å²) in [5, 5.41) is 8.76. The summed E-state index contributed by atoms with van der Waals surface area (Å²) in [6.45, 7) is 1.84. The molecule has 0 aromatic heterocycles. The smallest absolute Gasteiger partial charge is 0.304 e. The lowest BCUT2D eigenvalue weighted by Crippen LogP contribution is -2.36. The van der Waals surface area contributed by atoms with E-state index in [-0.39, 0.29) is 6.42 Å². The summed E-state index contributed by atoms with van der Waals surface area (Å²) in [5.41, 5.74) is 13.3. The Kier molecular flexibility index (Phi) is 5.14. The lowest BCUT2D eigenvalue weighted by atomic mass is 9.95. The lowest BCUT2D eigenvalue weighted by Gasteiger charge is -2.22. The molecule has 19 heavy (non-hydrogen) atoms. The van der Waals surface area contributed by atoms with Gasteiger partial charge in [0.25, 0.3) is 0 Å². The molecule has 6 heteroatoms. The van der Waals surface area contributed by atoms with Crippen molar-refractivity contribution in [1.29, 1.82) is 0 Å². The fourth-order valence-electron chi connectivity index (χ4n) is 2.01. The lowest BCUT2D eigenvalue weighted by molar-refractivity contribution is -0.137. The van der Waals surface area contributed by atoms with Crippen LogP contribution in [0.5, 0.6) is 11.5 Å². The molecule has 0 radical (unpaired) electrons. The fraction of sp³-hybridized carbons (Fsp3) is 0.462. The largest absolute Gasteiger partial charge is 0.496 e. The van der Waals surface area contributed by atoms with Crippen LogP contribution in [-0.4, -0.2) is 31.3 Å². The number of ether oxygens (including phenoxy) is 2. The molecule has 0 heterocycles. The molecule has 0 spiro atoms. The average Bonchev–Trinajstić information content (AvgIpc) is 2.36. The minimum absolute atomic E-state index is 0.199. The molecule has 0 aliphatic carbocycles. The normalized spacial score (nSPS) is 13.7. The summed E-state index contributed by atoms with van der Waals surface area (Å²) in [6, 6.07) is 2.22. The van der Waals surface area contributed by atoms with E-state index in [1.54, 1.807) is 19.2 Å². The van der Waals surface area contributed by atoms with Crippen molar-refractivity contribution >= 4 is 5.97 Å². The van der Waals surface area contributed by atoms with Gasteiger partial charge >= 0.3 is 5.97 Å². The Morgan fingerprint density at radius 1 is 1.32 bits per heavy atom. The summed E-state index contributed by atoms with van der Waals surface area (Å²) >= 11 is 0. The number of benzene rings is 1. The van der Waals surface area contributed by atoms with Gasteiger partial charge in [-0.3, -0.25) is 4.79 Å². The van der Waals surface area contributed by atoms with Crippen LogP contribution in [0.1, 0.15) is 23.6 Å². The van der Waals surface area contributed by atoms with Gasteiger partial charge in [-0.05, 0) is 19.1 Å². The van der Waals surface area contributed by atoms with Crippen LogP contribution in [0, 0.1) is 6.92 Å². The van der Waals surface area contributed by atoms with Gasteiger partial charge in [-0.15, -0.1) is 0 Å². The van der Waals surface area contributed by atoms with Gasteiger partial charge in [0.1, 0.15) is 11.5 Å². The van der Waals surface area contributed by atoms with Gasteiger partial charge < -0.3 is 26.0 Å². The third-order valence-electron chi connectivity index (χ3n) is 3.04. The molecule has 1 rings (SSSR count). The third-order valence-corrected chi connectivity index (χ3v) is 3.04. The second kappa shape index (κ2) is 6.40. The van der Waals surface area contributed by atoms with Crippen molar-refractivity contribution < 1.29 is 19.4 Å². The molecule has 0 saturated heterocycles. The van der Waals surface area contributed by atoms with Gasteiger partial charge in [-0.2, -0.15) is 0 Å². The van der Waals surface area contributed by atoms with Crippen LogP contribution in [0.2, 0.25) is 0 Å². The zero-order valence-corrected chi connectivity index (χ0v) is 11.3. The monoisotopic (exact) mass is 268 g/mol. The van der Waals surface area contributed by atoms with Crippen LogP contribution in [0.3, 0.4) is 0 Å². The molecule has 6 nitrogen and oxygen atoms in total. The highest BCUT2D eigenvalue weighted by atomic mass is 16.5. The summed E-state index contributed by atoms with van der Waals surface area (Å²) in [6.07, 6.45) is -0.199. The molecule has 5 N–H and O–H groups in total. The Morgan fingerprint density at radius 2 is 1.95 bits per heavy atom. The number of methoxy groups -OCH3 is 2. The minimum atomic E-state index is -0.979. The van der Waals surface area contributed by atoms with Crippen LogP contribution < -0.4 is 20.9 Å². The highest BCUT2D eigenvalue weighted by Gasteiger charge is 2.23. The van der Waals surface area contributed by atoms with Crippen molar-refractivity contribution in [3.05, 3.63) is 23.3 Å². The first-order valence-corrected chi connectivity index (χ1v) is 5.86. The maximum atomic E-state index is 10.7. The van der Waals surface area contributed by atoms with E-state index >= 15 is 0 Å². The highest BCUT2D eigenvalue weighted by Crippen LogP contribution is 2.35. The van der Waals surface area contributed by atoms with E-state index in [0.717, 1.165) is 5.56 Å². The van der Waals surface area contributed by atoms with Crippen LogP contribution in [-0.2, 0) is 4.79 Å². The first kappa shape index (κ1) is 15.3. The number of aliphatic carboxylic acids is 1. The van der Waals surface area contributed by atoms with Crippen molar-refractivity contribution in [2.24, 2.45) is 11.5 Å². The van der Waals surface area contributed by atoms with Crippen LogP contribution in [0.4, 0.5) is 0 Å². The molecule has 0 aliphatic heterocycles. The van der Waals surface area contributed by atoms with Crippen molar-refractivity contribution in [3.8, 4) is 11.5 Å². The molecular formula is C13H20N2O4. The molecular weight excluding hydrogens is 248 g/mol. The fourth-order valence-corrected chi connectivity index (χ4v) is 2.01. The number of carboxylic acid groups (broad SMARTS) is 1. The Morgan fingerprint density at radius 3 is 2.42 bits per heavy atom. The maximum Gasteiger partial charge on any atom is 0.304 e. The quantitative estimate of drug-likeness (QED) is 0.704. The first-order valence-electron chi connectivity index (χ1n) is 5.86. The summed E-state index contributed by atoms with van der Waals surface area (Å²) in [7, 11) is 3.10. The number of nitrogens with two attached hydrogens (primary N) is 2. The Balaban J connectivity index is 3.12. The summed E-state index contributed by atoms with van der Waals surface area (Å²) in [5.74, 6) is 0.277. The number of rotatable bonds is 6. The first-order chi connectivity index (χ1) is 8.92. The molecule has 1 aromatic carbocycles. The van der Waals surface area contributed by atoms with Crippen LogP contribution in [0.25, 0.3) is 0 Å². The zero-order chi connectivity index (χ0) is 14.6. The zero-order valence-electron chi connectivity index (χ0n) is 11.3. The molecule has 2 atom stereocenters. The molecule has 0 fully saturated rings. The van der Waals surface area contributed by atoms with Gasteiger partial charge in [0.05, 0.1) is 20.6 Å². The topological polar surface area (TPSA) is 108 Å². The summed E-state index contributed by atoms with van der Waals surface area (Å²) in [4.78, 5) is 10.7. The van der Waals surface area contributed by atoms with Crippen LogP contribution in [0.15, 0.2) is 12.1 Å². The van der Waals surface area contributed by atoms with E-state index in [1.807, 2.05) is 6.92 Å². The number of hydrogen-bond donors (Lipinski definition) is 3. The maximum absolute atomic E-state index is 10.7. The van der Waals surface area contributed by atoms with Gasteiger partial charge in [0.15, 0.2) is 0 Å². The Bertz CT molecular complexity index is 462. The van der Waals surface area contributed by atoms with E-state index < -0.39 is 18.1 Å². The average molecular weight is 268 g/mol. The van der Waals surface area contributed by atoms with E-state index in [4.69, 9.17) is 26.0 Å². The standard InChI is InChI=1S/C13H20N2O4/c1-7-10(18-2)5-4-8(13(7)19-3)12(15)9(14)6-11(16)17/h4-5,9,12H,6,14-15H2,1-3H3,(H,16,17). The van der Waals surface area contributed by atoms with E-state index in [2.05, 4.69) is 0 Å². The molecule has 0 amide bonds. The van der Waals surface area contributed by atoms with Crippen LogP contribution >= 0.6 is 0 Å². The second-order valence-electron chi connectivity index (χ2n) is 4.30. The van der Waals surface area contributed by atoms with Gasteiger partial charge in [0.2, 0.25) is 0 Å². The molecule has 2 unspecified atom stereocenters. The van der Waals surface area contributed by atoms with Crippen molar-refractivity contribution in [3.63, 3.8) is 0 Å². The highest BCUT2D eigenvalue weighted by molar-refractivity contribution is 5.67. The number of carboxylic acids is 1. The molecule has 0 bridgehead atoms. The molecule has 0 saturated carbocycles. The van der Waals surface area contributed by atoms with Crippen molar-refractivity contribution in [2.75, 3.05) is 14.2 Å². The van der Waals surface area contributed by atoms with E-state index in [0.29, 0.717) is 17.1 Å². The SMILES string of the molecule is COc1ccc(C(N)C(N)CC(=O)O)c(OC)c1C. The molecule has 0 aliphatic rings. The third kappa shape index (κ3) is 3.36. The number of hydrogen-bond acceptors (Lipinski definition) is 5. The van der Waals surface area contributed by atoms with Crippen molar-refractivity contribution in [2.45, 2.75) is 25.4 Å². The Hall–Kier alpha value is -1.79. The van der Waals surface area contributed by atoms with Gasteiger partial charge in [-0.1, -0.05) is 0 Å². The van der Waals surface area contributed by atoms with E-state index in [9.17, 15) is 4.79 Å². The van der Waals surface area contributed by atoms with Gasteiger partial charge in [-0.25, -0.2) is 0 Å².